The van der Waals surface area contributed by atoms with Crippen molar-refractivity contribution in [3.63, 3.8) is 0 Å². The normalized spacial score (nSPS) is 12.6. The average molecular weight is 843 g/mol. The highest BCUT2D eigenvalue weighted by molar-refractivity contribution is 6.32. The molecule has 3 atom stereocenters. The fourth-order valence-corrected chi connectivity index (χ4v) is 6.35. The summed E-state index contributed by atoms with van der Waals surface area (Å²) in [4.78, 5) is 105. The van der Waals surface area contributed by atoms with Crippen LogP contribution in [0.2, 0.25) is 0 Å². The summed E-state index contributed by atoms with van der Waals surface area (Å²) in [5, 5.41) is 41.5. The molecule has 0 saturated heterocycles. The smallest absolute Gasteiger partial charge is 0.372 e. The molecule has 0 aromatic carbocycles. The van der Waals surface area contributed by atoms with Gasteiger partial charge in [0.15, 0.2) is 0 Å². The molecule has 0 radical (unpaired) electrons. The molecule has 0 aliphatic carbocycles. The number of aliphatic carboxylic acids is 4. The quantitative estimate of drug-likeness (QED) is 0.0330. The van der Waals surface area contributed by atoms with Crippen molar-refractivity contribution < 1.29 is 73.1 Å². The summed E-state index contributed by atoms with van der Waals surface area (Å²) in [6.07, 6.45) is 15.4. The van der Waals surface area contributed by atoms with Crippen molar-refractivity contribution >= 4 is 53.0 Å². The Morgan fingerprint density at radius 1 is 0.458 bits per heavy atom. The van der Waals surface area contributed by atoms with E-state index in [0.717, 1.165) is 57.8 Å². The molecule has 1 unspecified atom stereocenters. The molecule has 0 aliphatic heterocycles. The SMILES string of the molecule is CCCC(CC(=O)CC[C@H](NC(=O)COCCOCCCC(=O)CC[C@H](NC(=O)CCCCCCCCCCCCCCCCC(=O)C(=O)O)C(=O)O)C(=O)O)C(=O)O. The van der Waals surface area contributed by atoms with Crippen LogP contribution in [0.15, 0.2) is 0 Å². The number of Topliss-reactive ketones (excluding diaryl/α,β-unsaturated/α-hetero) is 3. The van der Waals surface area contributed by atoms with Gasteiger partial charge in [-0.1, -0.05) is 90.4 Å². The average Bonchev–Trinajstić information content (AvgIpc) is 3.18. The molecule has 0 aromatic rings. The fourth-order valence-electron chi connectivity index (χ4n) is 6.35. The van der Waals surface area contributed by atoms with E-state index in [1.54, 1.807) is 6.92 Å². The Kier molecular flexibility index (Phi) is 33.1. The molecule has 338 valence electrons. The van der Waals surface area contributed by atoms with Gasteiger partial charge in [-0.05, 0) is 38.5 Å². The van der Waals surface area contributed by atoms with E-state index < -0.39 is 66.0 Å². The summed E-state index contributed by atoms with van der Waals surface area (Å²) < 4.78 is 10.6. The molecular formula is C42H70N2O15. The number of hydrogen-bond donors (Lipinski definition) is 6. The van der Waals surface area contributed by atoms with Crippen LogP contribution in [0.25, 0.3) is 0 Å². The zero-order chi connectivity index (χ0) is 44.3. The Balaban J connectivity index is 3.93. The molecule has 0 saturated carbocycles. The predicted molar refractivity (Wildman–Crippen MR) is 216 cm³/mol. The molecule has 59 heavy (non-hydrogen) atoms. The minimum atomic E-state index is -1.35. The van der Waals surface area contributed by atoms with Gasteiger partial charge in [0.25, 0.3) is 0 Å². The molecule has 0 aliphatic rings. The molecule has 6 N–H and O–H groups in total. The largest absolute Gasteiger partial charge is 0.481 e. The van der Waals surface area contributed by atoms with Gasteiger partial charge >= 0.3 is 23.9 Å². The lowest BCUT2D eigenvalue weighted by Crippen LogP contribution is -2.42. The van der Waals surface area contributed by atoms with Crippen LogP contribution in [-0.2, 0) is 52.6 Å². The Morgan fingerprint density at radius 2 is 0.915 bits per heavy atom. The topological polar surface area (TPSA) is 277 Å². The molecule has 2 amide bonds. The third-order valence-corrected chi connectivity index (χ3v) is 9.80. The van der Waals surface area contributed by atoms with Gasteiger partial charge in [0, 0.05) is 45.1 Å². The third kappa shape index (κ3) is 32.3. The maximum Gasteiger partial charge on any atom is 0.372 e. The predicted octanol–water partition coefficient (Wildman–Crippen LogP) is 5.42. The van der Waals surface area contributed by atoms with E-state index in [9.17, 15) is 58.5 Å². The van der Waals surface area contributed by atoms with Gasteiger partial charge < -0.3 is 40.5 Å². The number of carbonyl (C=O) groups excluding carboxylic acids is 5. The number of ketones is 3. The van der Waals surface area contributed by atoms with Crippen LogP contribution in [0.3, 0.4) is 0 Å². The van der Waals surface area contributed by atoms with Crippen LogP contribution < -0.4 is 10.6 Å². The first-order valence-corrected chi connectivity index (χ1v) is 21.4. The highest BCUT2D eigenvalue weighted by Gasteiger charge is 2.25. The van der Waals surface area contributed by atoms with Gasteiger partial charge in [0.1, 0.15) is 30.3 Å². The van der Waals surface area contributed by atoms with E-state index in [0.29, 0.717) is 32.1 Å². The standard InChI is InChI=1S/C42H70N2O15/c1-2-18-31(39(50)51)29-33(46)23-25-35(41(54)55)44-38(49)30-59-28-27-58-26-17-19-32(45)22-24-34(40(52)53)43-37(48)21-16-14-12-10-8-6-4-3-5-7-9-11-13-15-20-36(47)42(56)57/h31,34-35H,2-30H2,1H3,(H,43,48)(H,44,49)(H,50,51)(H,52,53)(H,54,55)(H,56,57)/t31?,34-,35-/m0/s1. The molecule has 0 aromatic heterocycles. The van der Waals surface area contributed by atoms with Crippen LogP contribution in [0, 0.1) is 5.92 Å². The van der Waals surface area contributed by atoms with E-state index in [2.05, 4.69) is 10.6 Å². The van der Waals surface area contributed by atoms with Crippen LogP contribution in [-0.4, -0.2) is 112 Å². The summed E-state index contributed by atoms with van der Waals surface area (Å²) in [5.41, 5.74) is 0. The van der Waals surface area contributed by atoms with Gasteiger partial charge in [-0.15, -0.1) is 0 Å². The second kappa shape index (κ2) is 35.7. The highest BCUT2D eigenvalue weighted by atomic mass is 16.5. The first-order chi connectivity index (χ1) is 28.2. The van der Waals surface area contributed by atoms with Crippen molar-refractivity contribution in [1.29, 1.82) is 0 Å². The molecule has 0 spiro atoms. The Morgan fingerprint density at radius 3 is 1.39 bits per heavy atom. The van der Waals surface area contributed by atoms with Crippen LogP contribution >= 0.6 is 0 Å². The van der Waals surface area contributed by atoms with Gasteiger partial charge in [-0.3, -0.25) is 28.8 Å². The fraction of sp³-hybridized carbons (Fsp3) is 0.786. The van der Waals surface area contributed by atoms with Gasteiger partial charge in [0.2, 0.25) is 17.6 Å². The van der Waals surface area contributed by atoms with E-state index in [4.69, 9.17) is 14.6 Å². The lowest BCUT2D eigenvalue weighted by molar-refractivity contribution is -0.149. The summed E-state index contributed by atoms with van der Waals surface area (Å²) in [7, 11) is 0. The van der Waals surface area contributed by atoms with E-state index in [-0.39, 0.29) is 82.9 Å². The number of carboxylic acid groups (broad SMARTS) is 4. The molecule has 17 nitrogen and oxygen atoms in total. The second-order valence-electron chi connectivity index (χ2n) is 15.0. The summed E-state index contributed by atoms with van der Waals surface area (Å²) in [6, 6.07) is -2.49. The number of ether oxygens (including phenoxy) is 2. The molecule has 0 heterocycles. The Hall–Kier alpha value is -4.25. The summed E-state index contributed by atoms with van der Waals surface area (Å²) >= 11 is 0. The van der Waals surface area contributed by atoms with Crippen molar-refractivity contribution in [3.8, 4) is 0 Å². The summed E-state index contributed by atoms with van der Waals surface area (Å²) in [6.45, 7) is 1.68. The zero-order valence-corrected chi connectivity index (χ0v) is 35.0. The number of carboxylic acids is 4. The maximum absolute atomic E-state index is 12.3. The first kappa shape index (κ1) is 54.8. The number of carbonyl (C=O) groups is 9. The first-order valence-electron chi connectivity index (χ1n) is 21.4. The van der Waals surface area contributed by atoms with Crippen LogP contribution in [0.5, 0.6) is 0 Å². The Labute approximate surface area is 348 Å². The number of hydrogen-bond acceptors (Lipinski definition) is 11. The van der Waals surface area contributed by atoms with Crippen LogP contribution in [0.4, 0.5) is 0 Å². The molecule has 17 heteroatoms. The number of rotatable bonds is 42. The van der Waals surface area contributed by atoms with Crippen molar-refractivity contribution in [3.05, 3.63) is 0 Å². The van der Waals surface area contributed by atoms with Crippen LogP contribution in [0.1, 0.15) is 167 Å². The van der Waals surface area contributed by atoms with Crippen molar-refractivity contribution in [2.24, 2.45) is 5.92 Å². The molecule has 0 bridgehead atoms. The van der Waals surface area contributed by atoms with E-state index in [1.165, 1.54) is 19.3 Å². The lowest BCUT2D eigenvalue weighted by atomic mass is 9.95. The second-order valence-corrected chi connectivity index (χ2v) is 15.0. The minimum Gasteiger partial charge on any atom is -0.481 e. The number of nitrogens with one attached hydrogen (secondary N) is 2. The molecule has 0 rings (SSSR count). The van der Waals surface area contributed by atoms with Crippen molar-refractivity contribution in [2.45, 2.75) is 180 Å². The third-order valence-electron chi connectivity index (χ3n) is 9.80. The lowest BCUT2D eigenvalue weighted by Gasteiger charge is -2.15. The van der Waals surface area contributed by atoms with Gasteiger partial charge in [0.05, 0.1) is 19.1 Å². The highest BCUT2D eigenvalue weighted by Crippen LogP contribution is 2.16. The number of amides is 2. The van der Waals surface area contributed by atoms with Gasteiger partial charge in [-0.25, -0.2) is 14.4 Å². The minimum absolute atomic E-state index is 0.0119. The monoisotopic (exact) mass is 842 g/mol. The molecular weight excluding hydrogens is 772 g/mol. The summed E-state index contributed by atoms with van der Waals surface area (Å²) in [5.74, 6) is -8.12. The van der Waals surface area contributed by atoms with Crippen molar-refractivity contribution in [1.82, 2.24) is 10.6 Å². The van der Waals surface area contributed by atoms with Gasteiger partial charge in [-0.2, -0.15) is 0 Å². The zero-order valence-electron chi connectivity index (χ0n) is 35.0. The maximum atomic E-state index is 12.3. The number of unbranched alkanes of at least 4 members (excludes halogenated alkanes) is 13. The molecule has 0 fully saturated rings. The Bertz CT molecular complexity index is 1290. The van der Waals surface area contributed by atoms with E-state index in [1.807, 2.05) is 0 Å². The van der Waals surface area contributed by atoms with Crippen molar-refractivity contribution in [2.75, 3.05) is 26.4 Å². The van der Waals surface area contributed by atoms with E-state index >= 15 is 0 Å².